The zero-order valence-corrected chi connectivity index (χ0v) is 18.7. The van der Waals surface area contributed by atoms with Gasteiger partial charge in [0.15, 0.2) is 0 Å². The second-order valence-electron chi connectivity index (χ2n) is 8.47. The first-order valence-corrected chi connectivity index (χ1v) is 11.2. The molecule has 7 nitrogen and oxygen atoms in total. The number of fused-ring (bicyclic) bond motifs is 2. The summed E-state index contributed by atoms with van der Waals surface area (Å²) in [7, 11) is 0. The van der Waals surface area contributed by atoms with Crippen LogP contribution in [0.15, 0.2) is 79.4 Å². The predicted molar refractivity (Wildman–Crippen MR) is 130 cm³/mol. The average molecular weight is 450 g/mol. The highest BCUT2D eigenvalue weighted by molar-refractivity contribution is 5.94. The molecule has 1 N–H and O–H groups in total. The third-order valence-corrected chi connectivity index (χ3v) is 6.18. The minimum absolute atomic E-state index is 0.00699. The van der Waals surface area contributed by atoms with E-state index in [0.29, 0.717) is 25.3 Å². The molecule has 6 rings (SSSR count). The van der Waals surface area contributed by atoms with Gasteiger partial charge >= 0.3 is 0 Å². The van der Waals surface area contributed by atoms with Crippen LogP contribution in [-0.4, -0.2) is 43.5 Å². The Bertz CT molecular complexity index is 1490. The molecular formula is C27H23N5O2. The molecule has 0 radical (unpaired) electrons. The lowest BCUT2D eigenvalue weighted by atomic mass is 10.0. The van der Waals surface area contributed by atoms with Crippen LogP contribution in [0.5, 0.6) is 5.75 Å². The largest absolute Gasteiger partial charge is 0.491 e. The van der Waals surface area contributed by atoms with Crippen molar-refractivity contribution >= 4 is 16.9 Å². The molecule has 0 aliphatic carbocycles. The van der Waals surface area contributed by atoms with Gasteiger partial charge in [-0.25, -0.2) is 9.97 Å². The van der Waals surface area contributed by atoms with E-state index < -0.39 is 0 Å². The SMILES string of the molecule is Cc1nc2cc(-c3ccc4c(c3)CN(C(=O)c3ccc(-n5ccnc5)cc3)CCO4)ccc2[nH]1. The molecule has 1 aliphatic rings. The van der Waals surface area contributed by atoms with Gasteiger partial charge in [-0.1, -0.05) is 12.1 Å². The van der Waals surface area contributed by atoms with E-state index in [-0.39, 0.29) is 5.91 Å². The fourth-order valence-electron chi connectivity index (χ4n) is 4.43. The fourth-order valence-corrected chi connectivity index (χ4v) is 4.43. The van der Waals surface area contributed by atoms with Crippen LogP contribution in [0.2, 0.25) is 0 Å². The molecule has 7 heteroatoms. The Morgan fingerprint density at radius 3 is 2.68 bits per heavy atom. The molecule has 3 heterocycles. The van der Waals surface area contributed by atoms with E-state index in [1.54, 1.807) is 12.5 Å². The Morgan fingerprint density at radius 2 is 1.85 bits per heavy atom. The maximum atomic E-state index is 13.3. The lowest BCUT2D eigenvalue weighted by Gasteiger charge is -2.20. The maximum Gasteiger partial charge on any atom is 0.254 e. The van der Waals surface area contributed by atoms with Gasteiger partial charge in [-0.2, -0.15) is 0 Å². The highest BCUT2D eigenvalue weighted by Gasteiger charge is 2.22. The predicted octanol–water partition coefficient (Wildman–Crippen LogP) is 4.76. The standard InChI is InChI=1S/C27H23N5O2/c1-18-29-24-8-4-21(15-25(24)30-18)20-5-9-26-22(14-20)16-31(12-13-34-26)27(33)19-2-6-23(7-3-19)32-11-10-28-17-32/h2-11,14-15,17H,12-13,16H2,1H3,(H,29,30). The van der Waals surface area contributed by atoms with Crippen LogP contribution in [0.3, 0.4) is 0 Å². The maximum absolute atomic E-state index is 13.3. The van der Waals surface area contributed by atoms with Crippen LogP contribution >= 0.6 is 0 Å². The van der Waals surface area contributed by atoms with Crippen molar-refractivity contribution in [3.63, 3.8) is 0 Å². The number of carbonyl (C=O) groups is 1. The second kappa shape index (κ2) is 8.19. The quantitative estimate of drug-likeness (QED) is 0.431. The van der Waals surface area contributed by atoms with E-state index in [4.69, 9.17) is 4.74 Å². The fraction of sp³-hybridized carbons (Fsp3) is 0.148. The number of aromatic nitrogens is 4. The van der Waals surface area contributed by atoms with Crippen molar-refractivity contribution in [2.75, 3.05) is 13.2 Å². The number of hydrogen-bond acceptors (Lipinski definition) is 4. The zero-order chi connectivity index (χ0) is 23.1. The minimum atomic E-state index is -0.00699. The number of aryl methyl sites for hydroxylation is 1. The molecule has 34 heavy (non-hydrogen) atoms. The molecule has 1 aliphatic heterocycles. The van der Waals surface area contributed by atoms with E-state index in [1.807, 2.05) is 52.9 Å². The molecule has 0 unspecified atom stereocenters. The highest BCUT2D eigenvalue weighted by atomic mass is 16.5. The Balaban J connectivity index is 1.27. The topological polar surface area (TPSA) is 76.0 Å². The van der Waals surface area contributed by atoms with Gasteiger partial charge in [0.2, 0.25) is 0 Å². The lowest BCUT2D eigenvalue weighted by molar-refractivity contribution is 0.0733. The molecule has 0 saturated carbocycles. The summed E-state index contributed by atoms with van der Waals surface area (Å²) >= 11 is 0. The van der Waals surface area contributed by atoms with Gasteiger partial charge in [0, 0.05) is 35.8 Å². The number of H-pyrrole nitrogens is 1. The Kier molecular flexibility index (Phi) is 4.87. The normalized spacial score (nSPS) is 13.4. The monoisotopic (exact) mass is 449 g/mol. The molecule has 0 spiro atoms. The summed E-state index contributed by atoms with van der Waals surface area (Å²) in [6.45, 7) is 3.44. The number of nitrogens with zero attached hydrogens (tertiary/aromatic N) is 4. The number of rotatable bonds is 3. The van der Waals surface area contributed by atoms with E-state index in [2.05, 4.69) is 45.3 Å². The number of imidazole rings is 2. The summed E-state index contributed by atoms with van der Waals surface area (Å²) in [6, 6.07) is 20.0. The number of carbonyl (C=O) groups excluding carboxylic acids is 1. The van der Waals surface area contributed by atoms with Crippen LogP contribution in [0.1, 0.15) is 21.7 Å². The third kappa shape index (κ3) is 3.71. The third-order valence-electron chi connectivity index (χ3n) is 6.18. The summed E-state index contributed by atoms with van der Waals surface area (Å²) in [4.78, 5) is 27.0. The lowest BCUT2D eigenvalue weighted by Crippen LogP contribution is -2.32. The van der Waals surface area contributed by atoms with Crippen LogP contribution in [-0.2, 0) is 6.54 Å². The van der Waals surface area contributed by atoms with E-state index in [9.17, 15) is 4.79 Å². The van der Waals surface area contributed by atoms with Gasteiger partial charge < -0.3 is 19.2 Å². The molecular weight excluding hydrogens is 426 g/mol. The van der Waals surface area contributed by atoms with Crippen LogP contribution in [0.4, 0.5) is 0 Å². The minimum Gasteiger partial charge on any atom is -0.491 e. The van der Waals surface area contributed by atoms with Crippen molar-refractivity contribution in [2.45, 2.75) is 13.5 Å². The second-order valence-corrected chi connectivity index (χ2v) is 8.47. The molecule has 3 aromatic carbocycles. The van der Waals surface area contributed by atoms with Gasteiger partial charge in [0.1, 0.15) is 18.2 Å². The van der Waals surface area contributed by atoms with Crippen molar-refractivity contribution in [2.24, 2.45) is 0 Å². The molecule has 0 bridgehead atoms. The molecule has 1 amide bonds. The van der Waals surface area contributed by atoms with E-state index in [1.165, 1.54) is 0 Å². The zero-order valence-electron chi connectivity index (χ0n) is 18.7. The van der Waals surface area contributed by atoms with Crippen molar-refractivity contribution in [3.05, 3.63) is 96.3 Å². The summed E-state index contributed by atoms with van der Waals surface area (Å²) in [5, 5.41) is 0. The average Bonchev–Trinajstić information content (AvgIpc) is 3.47. The Morgan fingerprint density at radius 1 is 1.03 bits per heavy atom. The summed E-state index contributed by atoms with van der Waals surface area (Å²) in [6.07, 6.45) is 5.35. The first-order chi connectivity index (χ1) is 16.6. The van der Waals surface area contributed by atoms with Gasteiger partial charge in [-0.15, -0.1) is 0 Å². The van der Waals surface area contributed by atoms with Crippen molar-refractivity contribution in [1.29, 1.82) is 0 Å². The van der Waals surface area contributed by atoms with Gasteiger partial charge in [0.05, 0.1) is 23.9 Å². The molecule has 5 aromatic rings. The first kappa shape index (κ1) is 20.2. The molecule has 0 saturated heterocycles. The summed E-state index contributed by atoms with van der Waals surface area (Å²) in [5.41, 5.74) is 6.74. The van der Waals surface area contributed by atoms with E-state index >= 15 is 0 Å². The number of benzene rings is 3. The van der Waals surface area contributed by atoms with Crippen molar-refractivity contribution < 1.29 is 9.53 Å². The highest BCUT2D eigenvalue weighted by Crippen LogP contribution is 2.31. The number of aromatic amines is 1. The summed E-state index contributed by atoms with van der Waals surface area (Å²) < 4.78 is 7.89. The van der Waals surface area contributed by atoms with Crippen LogP contribution < -0.4 is 4.74 Å². The summed E-state index contributed by atoms with van der Waals surface area (Å²) in [5.74, 6) is 1.72. The molecule has 0 atom stereocenters. The Hall–Kier alpha value is -4.39. The van der Waals surface area contributed by atoms with Gasteiger partial charge in [-0.3, -0.25) is 4.79 Å². The van der Waals surface area contributed by atoms with Crippen LogP contribution in [0, 0.1) is 6.92 Å². The van der Waals surface area contributed by atoms with Gasteiger partial charge in [-0.05, 0) is 66.6 Å². The first-order valence-electron chi connectivity index (χ1n) is 11.2. The van der Waals surface area contributed by atoms with Crippen LogP contribution in [0.25, 0.3) is 27.8 Å². The van der Waals surface area contributed by atoms with Gasteiger partial charge in [0.25, 0.3) is 5.91 Å². The molecule has 0 fully saturated rings. The van der Waals surface area contributed by atoms with Crippen molar-refractivity contribution in [3.8, 4) is 22.6 Å². The number of hydrogen-bond donors (Lipinski definition) is 1. The smallest absolute Gasteiger partial charge is 0.254 e. The van der Waals surface area contributed by atoms with E-state index in [0.717, 1.165) is 45.0 Å². The number of ether oxygens (including phenoxy) is 1. The number of nitrogens with one attached hydrogen (secondary N) is 1. The molecule has 2 aromatic heterocycles. The Labute approximate surface area is 196 Å². The van der Waals surface area contributed by atoms with Crippen molar-refractivity contribution in [1.82, 2.24) is 24.4 Å². The molecule has 168 valence electrons. The number of amides is 1.